The van der Waals surface area contributed by atoms with Gasteiger partial charge in [0.15, 0.2) is 5.82 Å². The molecule has 0 aliphatic heterocycles. The van der Waals surface area contributed by atoms with Crippen LogP contribution in [0, 0.1) is 6.92 Å². The molecule has 0 aliphatic rings. The van der Waals surface area contributed by atoms with Crippen molar-refractivity contribution >= 4 is 34.9 Å². The molecule has 2 nitrogen and oxygen atoms in total. The van der Waals surface area contributed by atoms with E-state index in [9.17, 15) is 0 Å². The van der Waals surface area contributed by atoms with Gasteiger partial charge in [0, 0.05) is 15.5 Å². The van der Waals surface area contributed by atoms with Gasteiger partial charge >= 0.3 is 0 Å². The fourth-order valence-corrected chi connectivity index (χ4v) is 3.64. The predicted octanol–water partition coefficient (Wildman–Crippen LogP) is 5.46. The summed E-state index contributed by atoms with van der Waals surface area (Å²) in [7, 11) is 0. The second kappa shape index (κ2) is 6.60. The Kier molecular flexibility index (Phi) is 4.58. The van der Waals surface area contributed by atoms with E-state index in [1.54, 1.807) is 11.8 Å². The number of benzene rings is 2. The van der Waals surface area contributed by atoms with Crippen LogP contribution < -0.4 is 0 Å². The molecular formula is C16H13ClN2S2. The number of halogens is 1. The standard InChI is InChI=1S/C16H13ClN2S2/c1-11-3-2-4-14(9-11)20-10-15-18-16(21-19-15)12-5-7-13(17)8-6-12/h2-9H,10H2,1H3. The predicted molar refractivity (Wildman–Crippen MR) is 91.1 cm³/mol. The lowest BCUT2D eigenvalue weighted by molar-refractivity contribution is 1.14. The molecule has 21 heavy (non-hydrogen) atoms. The lowest BCUT2D eigenvalue weighted by Crippen LogP contribution is -1.84. The summed E-state index contributed by atoms with van der Waals surface area (Å²) >= 11 is 9.09. The second-order valence-electron chi connectivity index (χ2n) is 4.63. The summed E-state index contributed by atoms with van der Waals surface area (Å²) in [6.07, 6.45) is 0. The highest BCUT2D eigenvalue weighted by atomic mass is 35.5. The van der Waals surface area contributed by atoms with Crippen LogP contribution in [0.25, 0.3) is 10.6 Å². The van der Waals surface area contributed by atoms with Crippen molar-refractivity contribution in [3.8, 4) is 10.6 Å². The highest BCUT2D eigenvalue weighted by Crippen LogP contribution is 2.26. The molecule has 0 amide bonds. The molecule has 0 bridgehead atoms. The zero-order valence-corrected chi connectivity index (χ0v) is 13.8. The molecular weight excluding hydrogens is 320 g/mol. The SMILES string of the molecule is Cc1cccc(SCc2nsc(-c3ccc(Cl)cc3)n2)c1. The van der Waals surface area contributed by atoms with Gasteiger partial charge in [0.05, 0.1) is 5.75 Å². The number of aryl methyl sites for hydroxylation is 1. The zero-order chi connectivity index (χ0) is 14.7. The first kappa shape index (κ1) is 14.6. The second-order valence-corrected chi connectivity index (χ2v) is 6.86. The minimum absolute atomic E-state index is 0.735. The number of hydrogen-bond acceptors (Lipinski definition) is 4. The molecule has 3 rings (SSSR count). The van der Waals surface area contributed by atoms with Crippen LogP contribution in [0.3, 0.4) is 0 Å². The zero-order valence-electron chi connectivity index (χ0n) is 11.4. The summed E-state index contributed by atoms with van der Waals surface area (Å²) in [5, 5.41) is 1.67. The number of thioether (sulfide) groups is 1. The van der Waals surface area contributed by atoms with Crippen molar-refractivity contribution < 1.29 is 0 Å². The maximum absolute atomic E-state index is 5.90. The van der Waals surface area contributed by atoms with E-state index < -0.39 is 0 Å². The lowest BCUT2D eigenvalue weighted by Gasteiger charge is -1.99. The van der Waals surface area contributed by atoms with Crippen LogP contribution >= 0.6 is 34.9 Å². The first-order valence-electron chi connectivity index (χ1n) is 6.49. The average molecular weight is 333 g/mol. The molecule has 0 unspecified atom stereocenters. The van der Waals surface area contributed by atoms with E-state index in [0.29, 0.717) is 0 Å². The van der Waals surface area contributed by atoms with Crippen molar-refractivity contribution in [3.63, 3.8) is 0 Å². The van der Waals surface area contributed by atoms with E-state index in [1.807, 2.05) is 24.3 Å². The molecule has 106 valence electrons. The van der Waals surface area contributed by atoms with Gasteiger partial charge < -0.3 is 0 Å². The van der Waals surface area contributed by atoms with E-state index in [1.165, 1.54) is 22.0 Å². The maximum atomic E-state index is 5.90. The van der Waals surface area contributed by atoms with Gasteiger partial charge in [-0.3, -0.25) is 0 Å². The number of rotatable bonds is 4. The normalized spacial score (nSPS) is 10.8. The van der Waals surface area contributed by atoms with E-state index in [-0.39, 0.29) is 0 Å². The van der Waals surface area contributed by atoms with Crippen molar-refractivity contribution in [3.05, 3.63) is 64.9 Å². The minimum Gasteiger partial charge on any atom is -0.218 e. The van der Waals surface area contributed by atoms with Gasteiger partial charge in [0.25, 0.3) is 0 Å². The van der Waals surface area contributed by atoms with Gasteiger partial charge in [-0.1, -0.05) is 41.4 Å². The molecule has 2 aromatic carbocycles. The summed E-state index contributed by atoms with van der Waals surface area (Å²) in [6, 6.07) is 16.2. The molecule has 0 spiro atoms. The van der Waals surface area contributed by atoms with Crippen molar-refractivity contribution in [1.82, 2.24) is 9.36 Å². The molecule has 0 fully saturated rings. The van der Waals surface area contributed by atoms with Crippen LogP contribution in [0.5, 0.6) is 0 Å². The number of aromatic nitrogens is 2. The Hall–Kier alpha value is -1.36. The minimum atomic E-state index is 0.735. The Balaban J connectivity index is 1.69. The third kappa shape index (κ3) is 3.84. The Morgan fingerprint density at radius 3 is 2.71 bits per heavy atom. The van der Waals surface area contributed by atoms with Crippen LogP contribution in [0.1, 0.15) is 11.4 Å². The largest absolute Gasteiger partial charge is 0.218 e. The van der Waals surface area contributed by atoms with Crippen molar-refractivity contribution in [2.45, 2.75) is 17.6 Å². The molecule has 5 heteroatoms. The number of hydrogen-bond donors (Lipinski definition) is 0. The van der Waals surface area contributed by atoms with Crippen LogP contribution in [0.2, 0.25) is 5.02 Å². The highest BCUT2D eigenvalue weighted by Gasteiger charge is 2.07. The summed E-state index contributed by atoms with van der Waals surface area (Å²) in [5.41, 5.74) is 2.33. The highest BCUT2D eigenvalue weighted by molar-refractivity contribution is 7.98. The molecule has 0 saturated carbocycles. The Morgan fingerprint density at radius 1 is 1.14 bits per heavy atom. The Morgan fingerprint density at radius 2 is 1.95 bits per heavy atom. The third-order valence-corrected chi connectivity index (χ3v) is 4.96. The topological polar surface area (TPSA) is 25.8 Å². The van der Waals surface area contributed by atoms with Gasteiger partial charge in [0.1, 0.15) is 5.01 Å². The fourth-order valence-electron chi connectivity index (χ4n) is 1.88. The molecule has 0 radical (unpaired) electrons. The summed E-state index contributed by atoms with van der Waals surface area (Å²) in [4.78, 5) is 5.84. The van der Waals surface area contributed by atoms with E-state index in [2.05, 4.69) is 40.5 Å². The molecule has 1 aromatic heterocycles. The van der Waals surface area contributed by atoms with Crippen molar-refractivity contribution in [1.29, 1.82) is 0 Å². The maximum Gasteiger partial charge on any atom is 0.153 e. The van der Waals surface area contributed by atoms with E-state index >= 15 is 0 Å². The van der Waals surface area contributed by atoms with Crippen LogP contribution in [-0.4, -0.2) is 9.36 Å². The molecule has 3 aromatic rings. The van der Waals surface area contributed by atoms with Crippen LogP contribution in [0.15, 0.2) is 53.4 Å². The van der Waals surface area contributed by atoms with Crippen LogP contribution in [0.4, 0.5) is 0 Å². The summed E-state index contributed by atoms with van der Waals surface area (Å²) in [6.45, 7) is 2.10. The lowest BCUT2D eigenvalue weighted by atomic mass is 10.2. The van der Waals surface area contributed by atoms with Gasteiger partial charge in [0.2, 0.25) is 0 Å². The molecule has 0 atom stereocenters. The average Bonchev–Trinajstić information content (AvgIpc) is 2.95. The van der Waals surface area contributed by atoms with E-state index in [4.69, 9.17) is 11.6 Å². The van der Waals surface area contributed by atoms with Crippen LogP contribution in [-0.2, 0) is 5.75 Å². The quantitative estimate of drug-likeness (QED) is 0.593. The molecule has 0 N–H and O–H groups in total. The smallest absolute Gasteiger partial charge is 0.153 e. The van der Waals surface area contributed by atoms with Crippen molar-refractivity contribution in [2.75, 3.05) is 0 Å². The monoisotopic (exact) mass is 332 g/mol. The van der Waals surface area contributed by atoms with Gasteiger partial charge in [-0.15, -0.1) is 11.8 Å². The fraction of sp³-hybridized carbons (Fsp3) is 0.125. The molecule has 0 aliphatic carbocycles. The third-order valence-electron chi connectivity index (χ3n) is 2.92. The van der Waals surface area contributed by atoms with Crippen molar-refractivity contribution in [2.24, 2.45) is 0 Å². The molecule has 1 heterocycles. The first-order valence-corrected chi connectivity index (χ1v) is 8.62. The molecule has 0 saturated heterocycles. The van der Waals surface area contributed by atoms with Gasteiger partial charge in [-0.2, -0.15) is 4.37 Å². The summed E-state index contributed by atoms with van der Waals surface area (Å²) < 4.78 is 4.43. The van der Waals surface area contributed by atoms with E-state index in [0.717, 1.165) is 27.2 Å². The van der Waals surface area contributed by atoms with Gasteiger partial charge in [-0.25, -0.2) is 4.98 Å². The Labute approximate surface area is 137 Å². The Bertz CT molecular complexity index is 738. The summed E-state index contributed by atoms with van der Waals surface area (Å²) in [5.74, 6) is 1.66. The number of nitrogens with zero attached hydrogens (tertiary/aromatic N) is 2. The first-order chi connectivity index (χ1) is 10.2. The van der Waals surface area contributed by atoms with Gasteiger partial charge in [-0.05, 0) is 42.7 Å².